The SMILES string of the molecule is O=C(NO)c1ccc(CN(C2CCCCC2)S(=O)(=O)c2cc(F)c(F)c(F)c2F)cc1. The van der Waals surface area contributed by atoms with Crippen LogP contribution in [0.15, 0.2) is 35.2 Å². The first-order chi connectivity index (χ1) is 14.7. The molecule has 0 atom stereocenters. The molecule has 2 N–H and O–H groups in total. The van der Waals surface area contributed by atoms with Crippen molar-refractivity contribution < 1.29 is 36.0 Å². The predicted octanol–water partition coefficient (Wildman–Crippen LogP) is 3.89. The van der Waals surface area contributed by atoms with E-state index in [4.69, 9.17) is 5.21 Å². The van der Waals surface area contributed by atoms with E-state index in [2.05, 4.69) is 0 Å². The molecule has 1 fully saturated rings. The fraction of sp³-hybridized carbons (Fsp3) is 0.350. The second-order valence-corrected chi connectivity index (χ2v) is 9.14. The number of benzene rings is 2. The van der Waals surface area contributed by atoms with Gasteiger partial charge >= 0.3 is 0 Å². The lowest BCUT2D eigenvalue weighted by Gasteiger charge is -2.33. The maximum atomic E-state index is 14.3. The zero-order valence-corrected chi connectivity index (χ0v) is 17.1. The monoisotopic (exact) mass is 460 g/mol. The number of sulfonamides is 1. The highest BCUT2D eigenvalue weighted by Crippen LogP contribution is 2.32. The van der Waals surface area contributed by atoms with Gasteiger partial charge in [-0.05, 0) is 30.5 Å². The highest BCUT2D eigenvalue weighted by Gasteiger charge is 2.36. The second-order valence-electron chi connectivity index (χ2n) is 7.28. The van der Waals surface area contributed by atoms with Crippen molar-refractivity contribution in [1.82, 2.24) is 9.79 Å². The minimum atomic E-state index is -4.73. The van der Waals surface area contributed by atoms with Crippen LogP contribution in [0.1, 0.15) is 48.0 Å². The first-order valence-electron chi connectivity index (χ1n) is 9.55. The summed E-state index contributed by atoms with van der Waals surface area (Å²) in [4.78, 5) is 10.2. The van der Waals surface area contributed by atoms with E-state index in [9.17, 15) is 30.8 Å². The molecule has 168 valence electrons. The lowest BCUT2D eigenvalue weighted by molar-refractivity contribution is 0.0706. The molecular formula is C20H20F4N2O4S. The zero-order valence-electron chi connectivity index (χ0n) is 16.2. The summed E-state index contributed by atoms with van der Waals surface area (Å²) in [5, 5.41) is 8.69. The minimum Gasteiger partial charge on any atom is -0.288 e. The van der Waals surface area contributed by atoms with Gasteiger partial charge in [0.2, 0.25) is 10.0 Å². The molecule has 31 heavy (non-hydrogen) atoms. The molecule has 0 aromatic heterocycles. The topological polar surface area (TPSA) is 86.7 Å². The molecule has 0 saturated heterocycles. The van der Waals surface area contributed by atoms with Crippen LogP contribution in [0.2, 0.25) is 0 Å². The number of carbonyl (C=O) groups is 1. The maximum absolute atomic E-state index is 14.3. The zero-order chi connectivity index (χ0) is 22.8. The Morgan fingerprint density at radius 2 is 1.61 bits per heavy atom. The third-order valence-electron chi connectivity index (χ3n) is 5.29. The number of nitrogens with zero attached hydrogens (tertiary/aromatic N) is 1. The Labute approximate surface area is 176 Å². The lowest BCUT2D eigenvalue weighted by Crippen LogP contribution is -2.41. The Kier molecular flexibility index (Phi) is 6.97. The lowest BCUT2D eigenvalue weighted by atomic mass is 9.95. The largest absolute Gasteiger partial charge is 0.288 e. The van der Waals surface area contributed by atoms with Gasteiger partial charge in [0.05, 0.1) is 0 Å². The normalized spacial score (nSPS) is 15.3. The van der Waals surface area contributed by atoms with Crippen molar-refractivity contribution in [3.8, 4) is 0 Å². The van der Waals surface area contributed by atoms with Crippen LogP contribution in [0, 0.1) is 23.3 Å². The van der Waals surface area contributed by atoms with Gasteiger partial charge in [0.25, 0.3) is 5.91 Å². The first kappa shape index (κ1) is 23.2. The van der Waals surface area contributed by atoms with E-state index in [0.29, 0.717) is 18.4 Å². The van der Waals surface area contributed by atoms with Crippen LogP contribution in [0.5, 0.6) is 0 Å². The van der Waals surface area contributed by atoms with E-state index in [-0.39, 0.29) is 18.2 Å². The number of carbonyl (C=O) groups excluding carboxylic acids is 1. The van der Waals surface area contributed by atoms with Gasteiger partial charge in [0.15, 0.2) is 23.3 Å². The molecule has 1 amide bonds. The predicted molar refractivity (Wildman–Crippen MR) is 102 cm³/mol. The van der Waals surface area contributed by atoms with Crippen molar-refractivity contribution in [1.29, 1.82) is 0 Å². The molecule has 6 nitrogen and oxygen atoms in total. The summed E-state index contributed by atoms with van der Waals surface area (Å²) in [7, 11) is -4.73. The number of nitrogens with one attached hydrogen (secondary N) is 1. The van der Waals surface area contributed by atoms with Crippen LogP contribution >= 0.6 is 0 Å². The average molecular weight is 460 g/mol. The molecule has 0 spiro atoms. The Balaban J connectivity index is 2.02. The molecular weight excluding hydrogens is 440 g/mol. The third-order valence-corrected chi connectivity index (χ3v) is 7.19. The van der Waals surface area contributed by atoms with Crippen LogP contribution in [0.25, 0.3) is 0 Å². The van der Waals surface area contributed by atoms with Gasteiger partial charge < -0.3 is 0 Å². The van der Waals surface area contributed by atoms with Crippen LogP contribution in [0.4, 0.5) is 17.6 Å². The van der Waals surface area contributed by atoms with Gasteiger partial charge in [-0.2, -0.15) is 4.31 Å². The summed E-state index contributed by atoms with van der Waals surface area (Å²) in [6.45, 7) is -0.256. The van der Waals surface area contributed by atoms with Gasteiger partial charge in [-0.25, -0.2) is 31.5 Å². The summed E-state index contributed by atoms with van der Waals surface area (Å²) >= 11 is 0. The summed E-state index contributed by atoms with van der Waals surface area (Å²) < 4.78 is 82.5. The molecule has 3 rings (SSSR count). The summed E-state index contributed by atoms with van der Waals surface area (Å²) in [6.07, 6.45) is 3.28. The van der Waals surface area contributed by atoms with E-state index in [0.717, 1.165) is 23.6 Å². The molecule has 0 heterocycles. The number of halogens is 4. The number of rotatable bonds is 6. The molecule has 11 heteroatoms. The Hall–Kier alpha value is -2.50. The van der Waals surface area contributed by atoms with Crippen LogP contribution in [-0.4, -0.2) is 29.9 Å². The molecule has 2 aromatic rings. The average Bonchev–Trinajstić information content (AvgIpc) is 2.78. The van der Waals surface area contributed by atoms with Crippen molar-refractivity contribution in [3.05, 3.63) is 64.7 Å². The number of amides is 1. The van der Waals surface area contributed by atoms with E-state index < -0.39 is 50.1 Å². The molecule has 0 unspecified atom stereocenters. The molecule has 1 aliphatic carbocycles. The third kappa shape index (κ3) is 4.73. The van der Waals surface area contributed by atoms with Crippen molar-refractivity contribution in [2.45, 2.75) is 49.6 Å². The molecule has 0 radical (unpaired) electrons. The van der Waals surface area contributed by atoms with Gasteiger partial charge in [-0.3, -0.25) is 10.0 Å². The smallest absolute Gasteiger partial charge is 0.274 e. The minimum absolute atomic E-state index is 0.118. The molecule has 0 bridgehead atoms. The van der Waals surface area contributed by atoms with Gasteiger partial charge in [0, 0.05) is 24.2 Å². The first-order valence-corrected chi connectivity index (χ1v) is 11.0. The molecule has 2 aromatic carbocycles. The van der Waals surface area contributed by atoms with Crippen molar-refractivity contribution in [2.24, 2.45) is 0 Å². The number of hydrogen-bond acceptors (Lipinski definition) is 4. The van der Waals surface area contributed by atoms with Crippen LogP contribution in [-0.2, 0) is 16.6 Å². The van der Waals surface area contributed by atoms with Crippen molar-refractivity contribution >= 4 is 15.9 Å². The Bertz CT molecular complexity index is 1070. The summed E-state index contributed by atoms with van der Waals surface area (Å²) in [5.41, 5.74) is 2.01. The van der Waals surface area contributed by atoms with Gasteiger partial charge in [0.1, 0.15) is 4.90 Å². The quantitative estimate of drug-likeness (QED) is 0.225. The van der Waals surface area contributed by atoms with E-state index in [1.54, 1.807) is 0 Å². The van der Waals surface area contributed by atoms with Crippen molar-refractivity contribution in [3.63, 3.8) is 0 Å². The number of hydrogen-bond donors (Lipinski definition) is 2. The van der Waals surface area contributed by atoms with Crippen LogP contribution < -0.4 is 5.48 Å². The maximum Gasteiger partial charge on any atom is 0.274 e. The highest BCUT2D eigenvalue weighted by molar-refractivity contribution is 7.89. The van der Waals surface area contributed by atoms with E-state index in [1.165, 1.54) is 29.7 Å². The molecule has 1 saturated carbocycles. The Morgan fingerprint density at radius 1 is 1.00 bits per heavy atom. The van der Waals surface area contributed by atoms with Gasteiger partial charge in [-0.15, -0.1) is 0 Å². The summed E-state index contributed by atoms with van der Waals surface area (Å²) in [5.74, 6) is -8.82. The fourth-order valence-corrected chi connectivity index (χ4v) is 5.39. The Morgan fingerprint density at radius 3 is 2.19 bits per heavy atom. The molecule has 0 aliphatic heterocycles. The highest BCUT2D eigenvalue weighted by atomic mass is 32.2. The fourth-order valence-electron chi connectivity index (χ4n) is 3.65. The standard InChI is InChI=1S/C20H20F4N2O4S/c21-15-10-16(18(23)19(24)17(15)22)31(29,30)26(14-4-2-1-3-5-14)11-12-6-8-13(9-7-12)20(27)25-28/h6-10,14,28H,1-5,11H2,(H,25,27). The van der Waals surface area contributed by atoms with Gasteiger partial charge in [-0.1, -0.05) is 31.4 Å². The molecule has 1 aliphatic rings. The van der Waals surface area contributed by atoms with E-state index in [1.807, 2.05) is 0 Å². The van der Waals surface area contributed by atoms with Crippen LogP contribution in [0.3, 0.4) is 0 Å². The second kappa shape index (κ2) is 9.33. The van der Waals surface area contributed by atoms with E-state index >= 15 is 0 Å². The van der Waals surface area contributed by atoms with Crippen molar-refractivity contribution in [2.75, 3.05) is 0 Å². The number of hydroxylamine groups is 1. The summed E-state index contributed by atoms with van der Waals surface area (Å²) in [6, 6.07) is 5.19.